The van der Waals surface area contributed by atoms with Crippen LogP contribution in [0.25, 0.3) is 0 Å². The molecule has 1 unspecified atom stereocenters. The van der Waals surface area contributed by atoms with E-state index in [1.165, 1.54) is 6.08 Å². The SMILES string of the molecule is C=CC(=O)C(N)Cc1ccc(/C=N/C(C)(C)O)cc1. The molecule has 0 heterocycles. The van der Waals surface area contributed by atoms with Crippen LogP contribution in [-0.4, -0.2) is 28.9 Å². The van der Waals surface area contributed by atoms with Gasteiger partial charge in [0.25, 0.3) is 0 Å². The first-order valence-corrected chi connectivity index (χ1v) is 6.10. The lowest BCUT2D eigenvalue weighted by Gasteiger charge is -2.10. The second-order valence-corrected chi connectivity index (χ2v) is 4.91. The molecule has 0 radical (unpaired) electrons. The number of carbonyl (C=O) groups excluding carboxylic acids is 1. The minimum Gasteiger partial charge on any atom is -0.370 e. The zero-order chi connectivity index (χ0) is 14.5. The summed E-state index contributed by atoms with van der Waals surface area (Å²) >= 11 is 0. The minimum absolute atomic E-state index is 0.160. The van der Waals surface area contributed by atoms with E-state index in [2.05, 4.69) is 11.6 Å². The number of nitrogens with zero attached hydrogens (tertiary/aromatic N) is 1. The number of ketones is 1. The van der Waals surface area contributed by atoms with Gasteiger partial charge in [-0.2, -0.15) is 0 Å². The third-order valence-corrected chi connectivity index (χ3v) is 2.53. The fourth-order valence-electron chi connectivity index (χ4n) is 1.48. The van der Waals surface area contributed by atoms with E-state index in [0.717, 1.165) is 11.1 Å². The molecular weight excluding hydrogens is 240 g/mol. The third kappa shape index (κ3) is 5.59. The molecule has 3 N–H and O–H groups in total. The lowest BCUT2D eigenvalue weighted by Crippen LogP contribution is -2.31. The van der Waals surface area contributed by atoms with Crippen LogP contribution in [0.3, 0.4) is 0 Å². The van der Waals surface area contributed by atoms with Crippen LogP contribution in [0.5, 0.6) is 0 Å². The van der Waals surface area contributed by atoms with Crippen LogP contribution in [0, 0.1) is 0 Å². The van der Waals surface area contributed by atoms with E-state index in [9.17, 15) is 9.90 Å². The quantitative estimate of drug-likeness (QED) is 0.600. The summed E-state index contributed by atoms with van der Waals surface area (Å²) in [7, 11) is 0. The summed E-state index contributed by atoms with van der Waals surface area (Å²) in [6.45, 7) is 6.63. The van der Waals surface area contributed by atoms with Crippen LogP contribution in [-0.2, 0) is 11.2 Å². The summed E-state index contributed by atoms with van der Waals surface area (Å²) in [6.07, 6.45) is 3.33. The van der Waals surface area contributed by atoms with Crippen molar-refractivity contribution >= 4 is 12.0 Å². The Morgan fingerprint density at radius 3 is 2.53 bits per heavy atom. The first-order chi connectivity index (χ1) is 8.81. The fourth-order valence-corrected chi connectivity index (χ4v) is 1.48. The maximum Gasteiger partial charge on any atom is 0.172 e. The van der Waals surface area contributed by atoms with E-state index >= 15 is 0 Å². The van der Waals surface area contributed by atoms with Gasteiger partial charge in [0, 0.05) is 6.21 Å². The predicted molar refractivity (Wildman–Crippen MR) is 77.2 cm³/mol. The number of rotatable bonds is 6. The van der Waals surface area contributed by atoms with Crippen LogP contribution in [0.15, 0.2) is 41.9 Å². The third-order valence-electron chi connectivity index (χ3n) is 2.53. The normalized spacial score (nSPS) is 13.5. The van der Waals surface area contributed by atoms with Crippen molar-refractivity contribution in [3.8, 4) is 0 Å². The fraction of sp³-hybridized carbons (Fsp3) is 0.333. The molecule has 4 heteroatoms. The van der Waals surface area contributed by atoms with Crippen LogP contribution < -0.4 is 5.73 Å². The summed E-state index contributed by atoms with van der Waals surface area (Å²) < 4.78 is 0. The Balaban J connectivity index is 2.69. The zero-order valence-electron chi connectivity index (χ0n) is 11.3. The summed E-state index contributed by atoms with van der Waals surface area (Å²) in [5, 5.41) is 9.48. The van der Waals surface area contributed by atoms with Crippen molar-refractivity contribution in [3.63, 3.8) is 0 Å². The van der Waals surface area contributed by atoms with Crippen molar-refractivity contribution in [2.45, 2.75) is 32.0 Å². The Morgan fingerprint density at radius 1 is 1.47 bits per heavy atom. The molecule has 0 aliphatic rings. The molecule has 0 aromatic heterocycles. The summed E-state index contributed by atoms with van der Waals surface area (Å²) in [5.74, 6) is -0.160. The van der Waals surface area contributed by atoms with Gasteiger partial charge >= 0.3 is 0 Å². The van der Waals surface area contributed by atoms with Gasteiger partial charge in [0.1, 0.15) is 5.72 Å². The van der Waals surface area contributed by atoms with Crippen molar-refractivity contribution in [1.29, 1.82) is 0 Å². The van der Waals surface area contributed by atoms with Crippen LogP contribution in [0.2, 0.25) is 0 Å². The number of carbonyl (C=O) groups is 1. The molecule has 0 saturated heterocycles. The van der Waals surface area contributed by atoms with Gasteiger partial charge in [0.05, 0.1) is 6.04 Å². The van der Waals surface area contributed by atoms with Crippen molar-refractivity contribution in [3.05, 3.63) is 48.0 Å². The van der Waals surface area contributed by atoms with Gasteiger partial charge in [-0.3, -0.25) is 9.79 Å². The number of hydrogen-bond acceptors (Lipinski definition) is 4. The summed E-state index contributed by atoms with van der Waals surface area (Å²) in [5.41, 5.74) is 6.52. The van der Waals surface area contributed by atoms with Gasteiger partial charge in [-0.25, -0.2) is 0 Å². The maximum atomic E-state index is 11.3. The Kier molecular flexibility index (Phi) is 5.15. The van der Waals surface area contributed by atoms with E-state index in [0.29, 0.717) is 6.42 Å². The van der Waals surface area contributed by atoms with E-state index in [1.807, 2.05) is 24.3 Å². The smallest absolute Gasteiger partial charge is 0.172 e. The minimum atomic E-state index is -1.07. The molecule has 1 rings (SSSR count). The highest BCUT2D eigenvalue weighted by Gasteiger charge is 2.10. The Morgan fingerprint density at radius 2 is 2.05 bits per heavy atom. The lowest BCUT2D eigenvalue weighted by molar-refractivity contribution is -0.115. The van der Waals surface area contributed by atoms with Crippen LogP contribution in [0.1, 0.15) is 25.0 Å². The van der Waals surface area contributed by atoms with Gasteiger partial charge in [-0.05, 0) is 37.5 Å². The Labute approximate surface area is 113 Å². The molecule has 0 aliphatic carbocycles. The first-order valence-electron chi connectivity index (χ1n) is 6.10. The van der Waals surface area contributed by atoms with Crippen molar-refractivity contribution < 1.29 is 9.90 Å². The van der Waals surface area contributed by atoms with Crippen molar-refractivity contribution in [1.82, 2.24) is 0 Å². The molecule has 19 heavy (non-hydrogen) atoms. The number of aliphatic imine (C=N–C) groups is 1. The molecule has 1 aromatic carbocycles. The number of benzene rings is 1. The molecular formula is C15H20N2O2. The summed E-state index contributed by atoms with van der Waals surface area (Å²) in [6, 6.07) is 6.98. The highest BCUT2D eigenvalue weighted by molar-refractivity contribution is 5.93. The summed E-state index contributed by atoms with van der Waals surface area (Å²) in [4.78, 5) is 15.3. The maximum absolute atomic E-state index is 11.3. The van der Waals surface area contributed by atoms with Gasteiger partial charge < -0.3 is 10.8 Å². The zero-order valence-corrected chi connectivity index (χ0v) is 11.3. The Bertz CT molecular complexity index is 470. The molecule has 0 bridgehead atoms. The average Bonchev–Trinajstić information content (AvgIpc) is 2.36. The van der Waals surface area contributed by atoms with E-state index in [-0.39, 0.29) is 5.78 Å². The first kappa shape index (κ1) is 15.3. The largest absolute Gasteiger partial charge is 0.370 e. The second-order valence-electron chi connectivity index (χ2n) is 4.91. The molecule has 0 spiro atoms. The van der Waals surface area contributed by atoms with E-state index in [4.69, 9.17) is 5.73 Å². The van der Waals surface area contributed by atoms with Crippen LogP contribution in [0.4, 0.5) is 0 Å². The Hall–Kier alpha value is -1.78. The molecule has 1 atom stereocenters. The standard InChI is InChI=1S/C15H20N2O2/c1-4-14(18)13(16)9-11-5-7-12(8-6-11)10-17-15(2,3)19/h4-8,10,13,19H,1,9,16H2,2-3H3/b17-10+. The van der Waals surface area contributed by atoms with Crippen molar-refractivity contribution in [2.24, 2.45) is 10.7 Å². The van der Waals surface area contributed by atoms with Gasteiger partial charge in [-0.15, -0.1) is 0 Å². The van der Waals surface area contributed by atoms with Crippen LogP contribution >= 0.6 is 0 Å². The monoisotopic (exact) mass is 260 g/mol. The van der Waals surface area contributed by atoms with Crippen molar-refractivity contribution in [2.75, 3.05) is 0 Å². The molecule has 0 fully saturated rings. The van der Waals surface area contributed by atoms with Gasteiger partial charge in [0.2, 0.25) is 0 Å². The molecule has 0 saturated carbocycles. The van der Waals surface area contributed by atoms with Gasteiger partial charge in [-0.1, -0.05) is 30.8 Å². The number of hydrogen-bond donors (Lipinski definition) is 2. The highest BCUT2D eigenvalue weighted by atomic mass is 16.3. The second kappa shape index (κ2) is 6.41. The molecule has 102 valence electrons. The van der Waals surface area contributed by atoms with E-state index in [1.54, 1.807) is 20.1 Å². The predicted octanol–water partition coefficient (Wildman–Crippen LogP) is 1.46. The van der Waals surface area contributed by atoms with Gasteiger partial charge in [0.15, 0.2) is 5.78 Å². The highest BCUT2D eigenvalue weighted by Crippen LogP contribution is 2.08. The van der Waals surface area contributed by atoms with E-state index < -0.39 is 11.8 Å². The molecule has 0 aliphatic heterocycles. The average molecular weight is 260 g/mol. The molecule has 1 aromatic rings. The molecule has 0 amide bonds. The number of nitrogens with two attached hydrogens (primary N) is 1. The number of aliphatic hydroxyl groups is 1. The molecule has 4 nitrogen and oxygen atoms in total. The lowest BCUT2D eigenvalue weighted by atomic mass is 10.0. The topological polar surface area (TPSA) is 75.7 Å².